The monoisotopic (exact) mass is 350 g/mol. The van der Waals surface area contributed by atoms with Gasteiger partial charge in [0, 0.05) is 31.8 Å². The number of hydrogen-bond donors (Lipinski definition) is 0. The Morgan fingerprint density at radius 3 is 2.71 bits per heavy atom. The third kappa shape index (κ3) is 3.53. The summed E-state index contributed by atoms with van der Waals surface area (Å²) in [6.07, 6.45) is 3.42. The van der Waals surface area contributed by atoms with E-state index < -0.39 is 0 Å². The number of ether oxygens (including phenoxy) is 1. The predicted octanol–water partition coefficient (Wildman–Crippen LogP) is 4.24. The van der Waals surface area contributed by atoms with Crippen molar-refractivity contribution in [3.8, 4) is 5.19 Å². The van der Waals surface area contributed by atoms with Gasteiger partial charge in [0.2, 0.25) is 5.91 Å². The minimum atomic E-state index is -0.316. The van der Waals surface area contributed by atoms with Gasteiger partial charge in [0.25, 0.3) is 5.19 Å². The standard InChI is InChI=1S/C18H23FN2O2S/c1-3-12(4-2)17(22)21-10-8-13(9-11-21)23-18-20-16-14(19)6-5-7-15(16)24-18/h5-7,12-13H,3-4,8-11H2,1-2H3. The molecular weight excluding hydrogens is 327 g/mol. The molecule has 3 rings (SSSR count). The van der Waals surface area contributed by atoms with Gasteiger partial charge in [-0.1, -0.05) is 31.3 Å². The van der Waals surface area contributed by atoms with Gasteiger partial charge in [-0.3, -0.25) is 4.79 Å². The fourth-order valence-electron chi connectivity index (χ4n) is 3.18. The van der Waals surface area contributed by atoms with Crippen LogP contribution in [0.2, 0.25) is 0 Å². The van der Waals surface area contributed by atoms with Gasteiger partial charge < -0.3 is 9.64 Å². The molecule has 0 bridgehead atoms. The number of carbonyl (C=O) groups is 1. The Kier molecular flexibility index (Phi) is 5.33. The molecule has 2 heterocycles. The number of nitrogens with zero attached hydrogens (tertiary/aromatic N) is 2. The largest absolute Gasteiger partial charge is 0.467 e. The first-order valence-electron chi connectivity index (χ1n) is 8.62. The normalized spacial score (nSPS) is 16.1. The molecule has 0 unspecified atom stereocenters. The molecule has 130 valence electrons. The number of piperidine rings is 1. The lowest BCUT2D eigenvalue weighted by Crippen LogP contribution is -2.44. The number of likely N-dealkylation sites (tertiary alicyclic amines) is 1. The first kappa shape index (κ1) is 17.1. The summed E-state index contributed by atoms with van der Waals surface area (Å²) in [5.41, 5.74) is 0.374. The first-order valence-corrected chi connectivity index (χ1v) is 9.44. The van der Waals surface area contributed by atoms with Crippen molar-refractivity contribution >= 4 is 27.5 Å². The van der Waals surface area contributed by atoms with Crippen LogP contribution in [-0.2, 0) is 4.79 Å². The molecule has 4 nitrogen and oxygen atoms in total. The molecule has 1 fully saturated rings. The number of halogens is 1. The molecule has 1 aliphatic heterocycles. The van der Waals surface area contributed by atoms with Gasteiger partial charge in [-0.15, -0.1) is 0 Å². The second-order valence-corrected chi connectivity index (χ2v) is 7.22. The maximum Gasteiger partial charge on any atom is 0.274 e. The zero-order valence-electron chi connectivity index (χ0n) is 14.1. The third-order valence-corrected chi connectivity index (χ3v) is 5.62. The van der Waals surface area contributed by atoms with Crippen molar-refractivity contribution in [3.63, 3.8) is 0 Å². The molecule has 1 amide bonds. The van der Waals surface area contributed by atoms with E-state index in [1.54, 1.807) is 6.07 Å². The van der Waals surface area contributed by atoms with Crippen molar-refractivity contribution in [1.29, 1.82) is 0 Å². The highest BCUT2D eigenvalue weighted by Crippen LogP contribution is 2.31. The van der Waals surface area contributed by atoms with E-state index in [0.717, 1.165) is 43.5 Å². The SMILES string of the molecule is CCC(CC)C(=O)N1CCC(Oc2nc3c(F)cccc3s2)CC1. The smallest absolute Gasteiger partial charge is 0.274 e. The molecule has 0 radical (unpaired) electrons. The molecule has 24 heavy (non-hydrogen) atoms. The number of rotatable bonds is 5. The van der Waals surface area contributed by atoms with E-state index in [0.29, 0.717) is 10.7 Å². The van der Waals surface area contributed by atoms with Crippen molar-refractivity contribution in [1.82, 2.24) is 9.88 Å². The summed E-state index contributed by atoms with van der Waals surface area (Å²) in [6.45, 7) is 5.57. The van der Waals surface area contributed by atoms with Crippen LogP contribution in [-0.4, -0.2) is 35.0 Å². The van der Waals surface area contributed by atoms with Gasteiger partial charge in [0.15, 0.2) is 0 Å². The van der Waals surface area contributed by atoms with Crippen LogP contribution in [0.3, 0.4) is 0 Å². The summed E-state index contributed by atoms with van der Waals surface area (Å²) in [7, 11) is 0. The lowest BCUT2D eigenvalue weighted by molar-refractivity contribution is -0.137. The lowest BCUT2D eigenvalue weighted by Gasteiger charge is -2.33. The van der Waals surface area contributed by atoms with Gasteiger partial charge >= 0.3 is 0 Å². The molecule has 1 saturated heterocycles. The van der Waals surface area contributed by atoms with Gasteiger partial charge in [-0.05, 0) is 25.0 Å². The summed E-state index contributed by atoms with van der Waals surface area (Å²) in [5, 5.41) is 0.514. The molecule has 1 aliphatic rings. The third-order valence-electron chi connectivity index (χ3n) is 4.71. The highest BCUT2D eigenvalue weighted by molar-refractivity contribution is 7.20. The van der Waals surface area contributed by atoms with E-state index >= 15 is 0 Å². The van der Waals surface area contributed by atoms with E-state index in [2.05, 4.69) is 18.8 Å². The molecule has 0 saturated carbocycles. The van der Waals surface area contributed by atoms with E-state index in [1.807, 2.05) is 11.0 Å². The molecule has 0 N–H and O–H groups in total. The van der Waals surface area contributed by atoms with Crippen molar-refractivity contribution < 1.29 is 13.9 Å². The maximum atomic E-state index is 13.7. The van der Waals surface area contributed by atoms with Gasteiger partial charge in [0.05, 0.1) is 4.70 Å². The fourth-order valence-corrected chi connectivity index (χ4v) is 4.07. The average molecular weight is 350 g/mol. The number of thiazole rings is 1. The Bertz CT molecular complexity index is 706. The zero-order chi connectivity index (χ0) is 17.1. The van der Waals surface area contributed by atoms with Crippen molar-refractivity contribution in [2.24, 2.45) is 5.92 Å². The molecule has 1 aromatic carbocycles. The summed E-state index contributed by atoms with van der Waals surface area (Å²) >= 11 is 1.37. The summed E-state index contributed by atoms with van der Waals surface area (Å²) < 4.78 is 20.4. The number of aromatic nitrogens is 1. The number of fused-ring (bicyclic) bond motifs is 1. The zero-order valence-corrected chi connectivity index (χ0v) is 14.9. The molecule has 0 aliphatic carbocycles. The maximum absolute atomic E-state index is 13.7. The minimum absolute atomic E-state index is 0.0411. The quantitative estimate of drug-likeness (QED) is 0.810. The van der Waals surface area contributed by atoms with Gasteiger partial charge in [-0.2, -0.15) is 4.98 Å². The second-order valence-electron chi connectivity index (χ2n) is 6.22. The van der Waals surface area contributed by atoms with Crippen LogP contribution < -0.4 is 4.74 Å². The van der Waals surface area contributed by atoms with Crippen LogP contribution in [0, 0.1) is 11.7 Å². The van der Waals surface area contributed by atoms with Crippen molar-refractivity contribution in [2.45, 2.75) is 45.6 Å². The Morgan fingerprint density at radius 1 is 1.38 bits per heavy atom. The molecular formula is C18H23FN2O2S. The van der Waals surface area contributed by atoms with E-state index in [-0.39, 0.29) is 23.7 Å². The number of para-hydroxylation sites is 1. The van der Waals surface area contributed by atoms with Gasteiger partial charge in [-0.25, -0.2) is 4.39 Å². The van der Waals surface area contributed by atoms with Crippen molar-refractivity contribution in [2.75, 3.05) is 13.1 Å². The van der Waals surface area contributed by atoms with Crippen LogP contribution in [0.4, 0.5) is 4.39 Å². The van der Waals surface area contributed by atoms with E-state index in [1.165, 1.54) is 17.4 Å². The highest BCUT2D eigenvalue weighted by atomic mass is 32.1. The molecule has 1 aromatic heterocycles. The number of amides is 1. The summed E-state index contributed by atoms with van der Waals surface area (Å²) in [4.78, 5) is 18.6. The van der Waals surface area contributed by atoms with E-state index in [9.17, 15) is 9.18 Å². The van der Waals surface area contributed by atoms with Crippen LogP contribution in [0.1, 0.15) is 39.5 Å². The van der Waals surface area contributed by atoms with Gasteiger partial charge in [0.1, 0.15) is 17.4 Å². The minimum Gasteiger partial charge on any atom is -0.467 e. The number of benzene rings is 1. The second kappa shape index (κ2) is 7.47. The predicted molar refractivity (Wildman–Crippen MR) is 93.9 cm³/mol. The number of hydrogen-bond acceptors (Lipinski definition) is 4. The lowest BCUT2D eigenvalue weighted by atomic mass is 9.99. The molecule has 0 spiro atoms. The Labute approximate surface area is 145 Å². The Morgan fingerprint density at radius 2 is 2.08 bits per heavy atom. The Balaban J connectivity index is 1.58. The summed E-state index contributed by atoms with van der Waals surface area (Å²) in [5.74, 6) is 0.0828. The fraction of sp³-hybridized carbons (Fsp3) is 0.556. The molecule has 0 atom stereocenters. The number of carbonyl (C=O) groups excluding carboxylic acids is 1. The average Bonchev–Trinajstić information content (AvgIpc) is 3.00. The van der Waals surface area contributed by atoms with E-state index in [4.69, 9.17) is 4.74 Å². The topological polar surface area (TPSA) is 42.4 Å². The highest BCUT2D eigenvalue weighted by Gasteiger charge is 2.27. The molecule has 6 heteroatoms. The van der Waals surface area contributed by atoms with Crippen molar-refractivity contribution in [3.05, 3.63) is 24.0 Å². The van der Waals surface area contributed by atoms with Crippen LogP contribution in [0.5, 0.6) is 5.19 Å². The summed E-state index contributed by atoms with van der Waals surface area (Å²) in [6, 6.07) is 4.94. The Hall–Kier alpha value is -1.69. The van der Waals surface area contributed by atoms with Crippen LogP contribution in [0.25, 0.3) is 10.2 Å². The molecule has 2 aromatic rings. The van der Waals surface area contributed by atoms with Crippen LogP contribution >= 0.6 is 11.3 Å². The first-order chi connectivity index (χ1) is 11.6. The van der Waals surface area contributed by atoms with Crippen LogP contribution in [0.15, 0.2) is 18.2 Å².